The van der Waals surface area contributed by atoms with Crippen LogP contribution in [0, 0.1) is 6.92 Å². The van der Waals surface area contributed by atoms with Crippen LogP contribution in [0.5, 0.6) is 0 Å². The highest BCUT2D eigenvalue weighted by Crippen LogP contribution is 2.36. The number of anilines is 1. The van der Waals surface area contributed by atoms with Gasteiger partial charge in [-0.05, 0) is 82.1 Å². The minimum Gasteiger partial charge on any atom is -0.444 e. The molecule has 0 bridgehead atoms. The number of benzene rings is 1. The molecule has 2 heterocycles. The lowest BCUT2D eigenvalue weighted by Crippen LogP contribution is -2.38. The average Bonchev–Trinajstić information content (AvgIpc) is 2.83. The second-order valence-corrected chi connectivity index (χ2v) is 9.01. The molecule has 2 amide bonds. The van der Waals surface area contributed by atoms with Gasteiger partial charge in [0.15, 0.2) is 0 Å². The molecule has 2 aliphatic heterocycles. The lowest BCUT2D eigenvalue weighted by molar-refractivity contribution is -0.118. The number of aryl methyl sites for hydroxylation is 1. The van der Waals surface area contributed by atoms with Gasteiger partial charge in [0.05, 0.1) is 0 Å². The van der Waals surface area contributed by atoms with Crippen molar-refractivity contribution in [1.29, 1.82) is 0 Å². The smallest absolute Gasteiger partial charge is 0.410 e. The van der Waals surface area contributed by atoms with Gasteiger partial charge in [-0.1, -0.05) is 13.0 Å². The van der Waals surface area contributed by atoms with Gasteiger partial charge < -0.3 is 14.5 Å². The topological polar surface area (TPSA) is 49.9 Å². The second kappa shape index (κ2) is 8.14. The first-order valence-corrected chi connectivity index (χ1v) is 10.6. The number of ether oxygens (including phenoxy) is 1. The van der Waals surface area contributed by atoms with E-state index in [4.69, 9.17) is 4.74 Å². The number of nitrogens with zero attached hydrogens (tertiary/aromatic N) is 2. The van der Waals surface area contributed by atoms with E-state index < -0.39 is 5.60 Å². The fraction of sp³-hybridized carbons (Fsp3) is 0.652. The van der Waals surface area contributed by atoms with E-state index in [0.29, 0.717) is 19.5 Å². The molecule has 0 fully saturated rings. The Morgan fingerprint density at radius 1 is 1.07 bits per heavy atom. The molecule has 0 saturated carbocycles. The highest BCUT2D eigenvalue weighted by atomic mass is 16.6. The third-order valence-electron chi connectivity index (χ3n) is 5.65. The van der Waals surface area contributed by atoms with Crippen molar-refractivity contribution < 1.29 is 14.3 Å². The predicted octanol–water partition coefficient (Wildman–Crippen LogP) is 4.41. The standard InChI is InChI=1S/C23H34N2O3/c1-6-8-20(26)25-12-7-9-18-15-17-10-13-24(22(27)28-23(3,4)5)14-11-19(17)16(2)21(18)25/h15H,6-14H2,1-5H3. The number of hydrogen-bond acceptors (Lipinski definition) is 3. The van der Waals surface area contributed by atoms with Crippen LogP contribution in [-0.4, -0.2) is 42.1 Å². The van der Waals surface area contributed by atoms with Crippen LogP contribution in [0.3, 0.4) is 0 Å². The van der Waals surface area contributed by atoms with Crippen molar-refractivity contribution in [3.8, 4) is 0 Å². The number of fused-ring (bicyclic) bond motifs is 2. The van der Waals surface area contributed by atoms with E-state index in [2.05, 4.69) is 19.9 Å². The van der Waals surface area contributed by atoms with Crippen molar-refractivity contribution in [1.82, 2.24) is 4.90 Å². The SMILES string of the molecule is CCCC(=O)N1CCCc2cc3c(c(C)c21)CCN(C(=O)OC(C)(C)C)CC3. The van der Waals surface area contributed by atoms with Gasteiger partial charge in [0, 0.05) is 31.7 Å². The summed E-state index contributed by atoms with van der Waals surface area (Å²) in [5, 5.41) is 0. The van der Waals surface area contributed by atoms with E-state index in [0.717, 1.165) is 44.3 Å². The van der Waals surface area contributed by atoms with E-state index in [-0.39, 0.29) is 12.0 Å². The summed E-state index contributed by atoms with van der Waals surface area (Å²) in [7, 11) is 0. The minimum absolute atomic E-state index is 0.232. The first-order valence-electron chi connectivity index (χ1n) is 10.6. The third-order valence-corrected chi connectivity index (χ3v) is 5.65. The van der Waals surface area contributed by atoms with Crippen LogP contribution in [0.4, 0.5) is 10.5 Å². The van der Waals surface area contributed by atoms with Crippen LogP contribution in [0.1, 0.15) is 69.2 Å². The zero-order valence-corrected chi connectivity index (χ0v) is 18.1. The molecule has 28 heavy (non-hydrogen) atoms. The lowest BCUT2D eigenvalue weighted by atomic mass is 9.88. The molecule has 0 saturated heterocycles. The third kappa shape index (κ3) is 4.34. The summed E-state index contributed by atoms with van der Waals surface area (Å²) in [5.41, 5.74) is 5.80. The van der Waals surface area contributed by atoms with Crippen LogP contribution in [0.15, 0.2) is 6.07 Å². The number of carbonyl (C=O) groups is 2. The van der Waals surface area contributed by atoms with E-state index >= 15 is 0 Å². The molecule has 0 radical (unpaired) electrons. The van der Waals surface area contributed by atoms with Gasteiger partial charge in [-0.2, -0.15) is 0 Å². The molecule has 154 valence electrons. The Morgan fingerprint density at radius 3 is 2.46 bits per heavy atom. The van der Waals surface area contributed by atoms with Gasteiger partial charge in [-0.15, -0.1) is 0 Å². The summed E-state index contributed by atoms with van der Waals surface area (Å²) in [6.07, 6.45) is 4.93. The summed E-state index contributed by atoms with van der Waals surface area (Å²) >= 11 is 0. The Labute approximate surface area is 169 Å². The number of carbonyl (C=O) groups excluding carboxylic acids is 2. The number of hydrogen-bond donors (Lipinski definition) is 0. The van der Waals surface area contributed by atoms with Crippen molar-refractivity contribution in [3.63, 3.8) is 0 Å². The first-order chi connectivity index (χ1) is 13.2. The molecule has 0 spiro atoms. The highest BCUT2D eigenvalue weighted by Gasteiger charge is 2.29. The molecule has 1 aromatic rings. The molecule has 0 aliphatic carbocycles. The maximum Gasteiger partial charge on any atom is 0.410 e. The van der Waals surface area contributed by atoms with E-state index in [1.54, 1.807) is 0 Å². The van der Waals surface area contributed by atoms with Gasteiger partial charge in [-0.25, -0.2) is 4.79 Å². The Balaban J connectivity index is 1.87. The molecule has 0 unspecified atom stereocenters. The zero-order chi connectivity index (χ0) is 20.5. The Bertz CT molecular complexity index is 764. The van der Waals surface area contributed by atoms with Crippen LogP contribution in [-0.2, 0) is 28.8 Å². The minimum atomic E-state index is -0.481. The van der Waals surface area contributed by atoms with Crippen molar-refractivity contribution >= 4 is 17.7 Å². The van der Waals surface area contributed by atoms with Crippen molar-refractivity contribution in [2.75, 3.05) is 24.5 Å². The first kappa shape index (κ1) is 20.7. The summed E-state index contributed by atoms with van der Waals surface area (Å²) in [4.78, 5) is 29.0. The summed E-state index contributed by atoms with van der Waals surface area (Å²) in [6, 6.07) is 2.29. The van der Waals surface area contributed by atoms with Crippen molar-refractivity contribution in [2.24, 2.45) is 0 Å². The molecule has 0 aromatic heterocycles. The van der Waals surface area contributed by atoms with Crippen LogP contribution in [0.25, 0.3) is 0 Å². The fourth-order valence-electron chi connectivity index (χ4n) is 4.39. The number of amides is 2. The zero-order valence-electron chi connectivity index (χ0n) is 18.1. The molecule has 3 rings (SSSR count). The van der Waals surface area contributed by atoms with Gasteiger partial charge in [0.2, 0.25) is 5.91 Å². The largest absolute Gasteiger partial charge is 0.444 e. The van der Waals surface area contributed by atoms with E-state index in [1.807, 2.05) is 30.6 Å². The molecular weight excluding hydrogens is 352 g/mol. The van der Waals surface area contributed by atoms with E-state index in [1.165, 1.54) is 22.3 Å². The molecular formula is C23H34N2O3. The Hall–Kier alpha value is -2.04. The molecule has 5 heteroatoms. The van der Waals surface area contributed by atoms with Crippen molar-refractivity contribution in [3.05, 3.63) is 28.3 Å². The maximum absolute atomic E-state index is 12.7. The highest BCUT2D eigenvalue weighted by molar-refractivity contribution is 5.95. The van der Waals surface area contributed by atoms with Gasteiger partial charge in [-0.3, -0.25) is 4.79 Å². The van der Waals surface area contributed by atoms with Crippen LogP contribution in [0.2, 0.25) is 0 Å². The Kier molecular flexibility index (Phi) is 6.01. The number of rotatable bonds is 2. The summed E-state index contributed by atoms with van der Waals surface area (Å²) < 4.78 is 5.57. The molecule has 0 N–H and O–H groups in total. The quantitative estimate of drug-likeness (QED) is 0.756. The van der Waals surface area contributed by atoms with Gasteiger partial charge >= 0.3 is 6.09 Å². The molecule has 0 atom stereocenters. The molecule has 5 nitrogen and oxygen atoms in total. The lowest BCUT2D eigenvalue weighted by Gasteiger charge is -2.33. The normalized spacial score (nSPS) is 16.9. The molecule has 2 aliphatic rings. The van der Waals surface area contributed by atoms with Crippen LogP contribution >= 0.6 is 0 Å². The summed E-state index contributed by atoms with van der Waals surface area (Å²) in [5.74, 6) is 0.232. The van der Waals surface area contributed by atoms with E-state index in [9.17, 15) is 9.59 Å². The fourth-order valence-corrected chi connectivity index (χ4v) is 4.39. The monoisotopic (exact) mass is 386 g/mol. The van der Waals surface area contributed by atoms with Crippen LogP contribution < -0.4 is 4.90 Å². The average molecular weight is 387 g/mol. The van der Waals surface area contributed by atoms with Gasteiger partial charge in [0.25, 0.3) is 0 Å². The van der Waals surface area contributed by atoms with Gasteiger partial charge in [0.1, 0.15) is 5.60 Å². The maximum atomic E-state index is 12.7. The summed E-state index contributed by atoms with van der Waals surface area (Å²) in [6.45, 7) is 12.1. The van der Waals surface area contributed by atoms with Crippen molar-refractivity contribution in [2.45, 2.75) is 78.7 Å². The molecule has 1 aromatic carbocycles. The second-order valence-electron chi connectivity index (χ2n) is 9.01. The predicted molar refractivity (Wildman–Crippen MR) is 112 cm³/mol. The Morgan fingerprint density at radius 2 is 1.79 bits per heavy atom.